The molecule has 150 valence electrons. The van der Waals surface area contributed by atoms with E-state index in [1.807, 2.05) is 17.0 Å². The quantitative estimate of drug-likeness (QED) is 0.818. The number of benzene rings is 1. The van der Waals surface area contributed by atoms with Crippen LogP contribution in [0.4, 0.5) is 8.78 Å². The summed E-state index contributed by atoms with van der Waals surface area (Å²) in [5.41, 5.74) is 7.12. The van der Waals surface area contributed by atoms with Crippen LogP contribution in [0.1, 0.15) is 43.4 Å². The molecule has 1 aliphatic heterocycles. The van der Waals surface area contributed by atoms with Crippen molar-refractivity contribution in [1.82, 2.24) is 9.88 Å². The molecule has 1 saturated heterocycles. The molecule has 1 aromatic heterocycles. The third kappa shape index (κ3) is 4.84. The van der Waals surface area contributed by atoms with Crippen molar-refractivity contribution < 1.29 is 18.3 Å². The number of hydrogen-bond donors (Lipinski definition) is 1. The second kappa shape index (κ2) is 8.65. The van der Waals surface area contributed by atoms with Crippen molar-refractivity contribution in [3.05, 3.63) is 59.9 Å². The molecule has 0 saturated carbocycles. The monoisotopic (exact) mass is 389 g/mol. The van der Waals surface area contributed by atoms with Gasteiger partial charge in [-0.3, -0.25) is 9.78 Å². The van der Waals surface area contributed by atoms with Gasteiger partial charge in [0.05, 0.1) is 11.6 Å². The first-order valence-electron chi connectivity index (χ1n) is 9.40. The molecule has 1 aliphatic rings. The van der Waals surface area contributed by atoms with Gasteiger partial charge in [0.15, 0.2) is 0 Å². The molecule has 0 spiro atoms. The molecule has 1 amide bonds. The minimum absolute atomic E-state index is 0.0281. The highest BCUT2D eigenvalue weighted by Crippen LogP contribution is 2.32. The van der Waals surface area contributed by atoms with E-state index in [1.165, 1.54) is 12.1 Å². The zero-order chi connectivity index (χ0) is 20.1. The molecule has 2 aromatic rings. The Balaban J connectivity index is 1.73. The number of rotatable bonds is 6. The van der Waals surface area contributed by atoms with Gasteiger partial charge in [-0.2, -0.15) is 8.78 Å². The normalized spacial score (nSPS) is 19.3. The predicted octanol–water partition coefficient (Wildman–Crippen LogP) is 3.70. The van der Waals surface area contributed by atoms with E-state index in [9.17, 15) is 13.6 Å². The summed E-state index contributed by atoms with van der Waals surface area (Å²) >= 11 is 0. The van der Waals surface area contributed by atoms with Gasteiger partial charge in [0.25, 0.3) is 0 Å². The number of pyridine rings is 1. The SMILES string of the molecule is C[C@@](N)(Cc1ccc(OC(F)F)cc1)C(=O)N1CCCC[C@@H]1c1cccnc1. The molecule has 3 rings (SSSR count). The summed E-state index contributed by atoms with van der Waals surface area (Å²) in [5.74, 6) is -0.0366. The Labute approximate surface area is 163 Å². The maximum atomic E-state index is 13.3. The van der Waals surface area contributed by atoms with Crippen LogP contribution in [0.2, 0.25) is 0 Å². The molecule has 0 aliphatic carbocycles. The van der Waals surface area contributed by atoms with Crippen LogP contribution < -0.4 is 10.5 Å². The highest BCUT2D eigenvalue weighted by molar-refractivity contribution is 5.86. The molecule has 1 fully saturated rings. The van der Waals surface area contributed by atoms with Crippen LogP contribution >= 0.6 is 0 Å². The molecule has 1 aromatic carbocycles. The fraction of sp³-hybridized carbons (Fsp3) is 0.429. The molecule has 2 N–H and O–H groups in total. The number of alkyl halides is 2. The van der Waals surface area contributed by atoms with Gasteiger partial charge in [0.2, 0.25) is 5.91 Å². The summed E-state index contributed by atoms with van der Waals surface area (Å²) in [7, 11) is 0. The number of halogens is 2. The van der Waals surface area contributed by atoms with Crippen molar-refractivity contribution in [2.75, 3.05) is 6.54 Å². The maximum absolute atomic E-state index is 13.3. The Morgan fingerprint density at radius 1 is 1.32 bits per heavy atom. The van der Waals surface area contributed by atoms with E-state index in [4.69, 9.17) is 5.73 Å². The number of carbonyl (C=O) groups is 1. The summed E-state index contributed by atoms with van der Waals surface area (Å²) in [6, 6.07) is 10.1. The molecule has 2 heterocycles. The Kier molecular flexibility index (Phi) is 6.24. The molecule has 28 heavy (non-hydrogen) atoms. The van der Waals surface area contributed by atoms with E-state index in [2.05, 4.69) is 9.72 Å². The van der Waals surface area contributed by atoms with Gasteiger partial charge in [-0.05, 0) is 61.9 Å². The standard InChI is InChI=1S/C21H25F2N3O2/c1-21(24,13-15-7-9-17(10-8-15)28-20(22)23)19(27)26-12-3-2-6-18(26)16-5-4-11-25-14-16/h4-5,7-11,14,18,20H,2-3,6,12-13,24H2,1H3/t18-,21-/m1/s1. The molecule has 0 unspecified atom stereocenters. The van der Waals surface area contributed by atoms with Crippen molar-refractivity contribution in [1.29, 1.82) is 0 Å². The van der Waals surface area contributed by atoms with E-state index in [0.29, 0.717) is 13.0 Å². The molecule has 5 nitrogen and oxygen atoms in total. The lowest BCUT2D eigenvalue weighted by molar-refractivity contribution is -0.140. The summed E-state index contributed by atoms with van der Waals surface area (Å²) in [5, 5.41) is 0. The smallest absolute Gasteiger partial charge is 0.387 e. The van der Waals surface area contributed by atoms with Gasteiger partial charge < -0.3 is 15.4 Å². The number of aromatic nitrogens is 1. The Hall–Kier alpha value is -2.54. The zero-order valence-corrected chi connectivity index (χ0v) is 15.9. The third-order valence-corrected chi connectivity index (χ3v) is 5.04. The minimum Gasteiger partial charge on any atom is -0.435 e. The third-order valence-electron chi connectivity index (χ3n) is 5.04. The number of amides is 1. The first-order chi connectivity index (χ1) is 13.4. The fourth-order valence-corrected chi connectivity index (χ4v) is 3.71. The Bertz CT molecular complexity index is 782. The maximum Gasteiger partial charge on any atom is 0.387 e. The highest BCUT2D eigenvalue weighted by Gasteiger charge is 2.37. The van der Waals surface area contributed by atoms with Crippen molar-refractivity contribution in [2.45, 2.75) is 50.8 Å². The van der Waals surface area contributed by atoms with Crippen LogP contribution in [0.5, 0.6) is 5.75 Å². The summed E-state index contributed by atoms with van der Waals surface area (Å²) < 4.78 is 28.9. The summed E-state index contributed by atoms with van der Waals surface area (Å²) in [6.45, 7) is -0.490. The van der Waals surface area contributed by atoms with Gasteiger partial charge in [-0.25, -0.2) is 0 Å². The molecular weight excluding hydrogens is 364 g/mol. The number of nitrogens with zero attached hydrogens (tertiary/aromatic N) is 2. The minimum atomic E-state index is -2.87. The average Bonchev–Trinajstić information content (AvgIpc) is 2.69. The van der Waals surface area contributed by atoms with Crippen LogP contribution in [0.25, 0.3) is 0 Å². The highest BCUT2D eigenvalue weighted by atomic mass is 19.3. The zero-order valence-electron chi connectivity index (χ0n) is 15.9. The molecule has 0 bridgehead atoms. The Morgan fingerprint density at radius 3 is 2.71 bits per heavy atom. The van der Waals surface area contributed by atoms with Gasteiger partial charge in [-0.15, -0.1) is 0 Å². The van der Waals surface area contributed by atoms with Crippen LogP contribution in [-0.2, 0) is 11.2 Å². The van der Waals surface area contributed by atoms with E-state index >= 15 is 0 Å². The van der Waals surface area contributed by atoms with Gasteiger partial charge in [0.1, 0.15) is 5.75 Å². The first kappa shape index (κ1) is 20.2. The largest absolute Gasteiger partial charge is 0.435 e. The van der Waals surface area contributed by atoms with Gasteiger partial charge in [0, 0.05) is 18.9 Å². The number of piperidine rings is 1. The summed E-state index contributed by atoms with van der Waals surface area (Å²) in [6.07, 6.45) is 6.69. The lowest BCUT2D eigenvalue weighted by Gasteiger charge is -2.40. The van der Waals surface area contributed by atoms with Crippen molar-refractivity contribution in [3.63, 3.8) is 0 Å². The van der Waals surface area contributed by atoms with E-state index < -0.39 is 12.2 Å². The number of hydrogen-bond acceptors (Lipinski definition) is 4. The number of nitrogens with two attached hydrogens (primary N) is 1. The molecule has 0 radical (unpaired) electrons. The Morgan fingerprint density at radius 2 is 2.07 bits per heavy atom. The second-order valence-corrected chi connectivity index (χ2v) is 7.41. The van der Waals surface area contributed by atoms with E-state index in [0.717, 1.165) is 30.4 Å². The topological polar surface area (TPSA) is 68.5 Å². The number of carbonyl (C=O) groups excluding carboxylic acids is 1. The van der Waals surface area contributed by atoms with Crippen LogP contribution in [0, 0.1) is 0 Å². The van der Waals surface area contributed by atoms with E-state index in [1.54, 1.807) is 31.5 Å². The average molecular weight is 389 g/mol. The predicted molar refractivity (Wildman–Crippen MR) is 102 cm³/mol. The second-order valence-electron chi connectivity index (χ2n) is 7.41. The van der Waals surface area contributed by atoms with Crippen LogP contribution in [0.3, 0.4) is 0 Å². The molecule has 7 heteroatoms. The van der Waals surface area contributed by atoms with Crippen molar-refractivity contribution >= 4 is 5.91 Å². The van der Waals surface area contributed by atoms with Crippen molar-refractivity contribution in [2.24, 2.45) is 5.73 Å². The molecule has 2 atom stereocenters. The fourth-order valence-electron chi connectivity index (χ4n) is 3.71. The lowest BCUT2D eigenvalue weighted by Crippen LogP contribution is -2.56. The van der Waals surface area contributed by atoms with Crippen LogP contribution in [-0.4, -0.2) is 34.5 Å². The van der Waals surface area contributed by atoms with Gasteiger partial charge in [-0.1, -0.05) is 18.2 Å². The number of likely N-dealkylation sites (tertiary alicyclic amines) is 1. The number of ether oxygens (including phenoxy) is 1. The van der Waals surface area contributed by atoms with Crippen molar-refractivity contribution in [3.8, 4) is 5.75 Å². The summed E-state index contributed by atoms with van der Waals surface area (Å²) in [4.78, 5) is 19.3. The first-order valence-corrected chi connectivity index (χ1v) is 9.40. The lowest BCUT2D eigenvalue weighted by atomic mass is 9.89. The van der Waals surface area contributed by atoms with Crippen LogP contribution in [0.15, 0.2) is 48.8 Å². The molecular formula is C21H25F2N3O2. The van der Waals surface area contributed by atoms with Gasteiger partial charge >= 0.3 is 6.61 Å². The van der Waals surface area contributed by atoms with E-state index in [-0.39, 0.29) is 17.7 Å².